The summed E-state index contributed by atoms with van der Waals surface area (Å²) in [7, 11) is 4.18. The molecule has 0 amide bonds. The van der Waals surface area contributed by atoms with Crippen LogP contribution in [-0.4, -0.2) is 85.6 Å². The number of unbranched alkanes of at least 4 members (excludes halogenated alkanes) is 3. The van der Waals surface area contributed by atoms with Crippen LogP contribution in [0.3, 0.4) is 0 Å². The number of hydrogen-bond acceptors (Lipinski definition) is 5. The molecule has 162 valence electrons. The topological polar surface area (TPSA) is 59.0 Å². The van der Waals surface area contributed by atoms with Crippen LogP contribution < -0.4 is 5.32 Å². The summed E-state index contributed by atoms with van der Waals surface area (Å²) >= 11 is 0. The Balaban J connectivity index is -0.00000264. The summed E-state index contributed by atoms with van der Waals surface area (Å²) in [5, 5.41) is 23.2. The lowest BCUT2D eigenvalue weighted by Crippen LogP contribution is -2.33. The molecule has 7 heteroatoms. The summed E-state index contributed by atoms with van der Waals surface area (Å²) in [5.41, 5.74) is 0. The van der Waals surface area contributed by atoms with Gasteiger partial charge in [-0.3, -0.25) is 0 Å². The van der Waals surface area contributed by atoms with Gasteiger partial charge in [0, 0.05) is 13.1 Å². The van der Waals surface area contributed by atoms with Gasteiger partial charge in [0.25, 0.3) is 0 Å². The summed E-state index contributed by atoms with van der Waals surface area (Å²) < 4.78 is 0. The lowest BCUT2D eigenvalue weighted by Gasteiger charge is -2.22. The molecule has 3 N–H and O–H groups in total. The first kappa shape index (κ1) is 31.2. The van der Waals surface area contributed by atoms with Crippen LogP contribution in [0.1, 0.15) is 58.8 Å². The van der Waals surface area contributed by atoms with Gasteiger partial charge in [0.15, 0.2) is 0 Å². The van der Waals surface area contributed by atoms with Gasteiger partial charge >= 0.3 is 0 Å². The Kier molecular flexibility index (Phi) is 26.2. The maximum absolute atomic E-state index is 10.00. The minimum atomic E-state index is -0.241. The van der Waals surface area contributed by atoms with Gasteiger partial charge in [0.2, 0.25) is 0 Å². The molecule has 0 aliphatic heterocycles. The molecule has 0 unspecified atom stereocenters. The van der Waals surface area contributed by atoms with Crippen LogP contribution in [0.25, 0.3) is 0 Å². The second kappa shape index (κ2) is 21.8. The van der Waals surface area contributed by atoms with Crippen molar-refractivity contribution in [1.29, 1.82) is 0 Å². The fourth-order valence-electron chi connectivity index (χ4n) is 2.92. The van der Waals surface area contributed by atoms with Crippen molar-refractivity contribution in [2.24, 2.45) is 0 Å². The number of nitrogens with one attached hydrogen (secondary N) is 1. The van der Waals surface area contributed by atoms with Crippen LogP contribution in [0.4, 0.5) is 0 Å². The zero-order chi connectivity index (χ0) is 18.2. The SMILES string of the molecule is CCCCC[C@H](O)CN(C)CCCCN(C)C[C@@H](O)CCNCC.S.S. The van der Waals surface area contributed by atoms with E-state index in [1.807, 2.05) is 0 Å². The van der Waals surface area contributed by atoms with Gasteiger partial charge < -0.3 is 25.3 Å². The van der Waals surface area contributed by atoms with Gasteiger partial charge in [-0.25, -0.2) is 0 Å². The van der Waals surface area contributed by atoms with Crippen molar-refractivity contribution < 1.29 is 10.2 Å². The molecule has 26 heavy (non-hydrogen) atoms. The van der Waals surface area contributed by atoms with Crippen molar-refractivity contribution >= 4 is 27.0 Å². The molecule has 0 rings (SSSR count). The van der Waals surface area contributed by atoms with Crippen LogP contribution in [0.15, 0.2) is 0 Å². The van der Waals surface area contributed by atoms with E-state index < -0.39 is 0 Å². The molecule has 0 aromatic carbocycles. The van der Waals surface area contributed by atoms with E-state index in [1.165, 1.54) is 12.8 Å². The van der Waals surface area contributed by atoms with E-state index >= 15 is 0 Å². The van der Waals surface area contributed by atoms with E-state index in [-0.39, 0.29) is 39.2 Å². The molecular formula is C19H47N3O2S2. The van der Waals surface area contributed by atoms with E-state index in [0.717, 1.165) is 71.4 Å². The van der Waals surface area contributed by atoms with Crippen molar-refractivity contribution in [2.75, 3.05) is 53.4 Å². The van der Waals surface area contributed by atoms with Crippen molar-refractivity contribution in [2.45, 2.75) is 71.0 Å². The summed E-state index contributed by atoms with van der Waals surface area (Å²) in [6.45, 7) is 9.70. The van der Waals surface area contributed by atoms with E-state index in [0.29, 0.717) is 0 Å². The van der Waals surface area contributed by atoms with Crippen LogP contribution in [0, 0.1) is 0 Å². The van der Waals surface area contributed by atoms with Crippen molar-refractivity contribution in [3.63, 3.8) is 0 Å². The van der Waals surface area contributed by atoms with E-state index in [9.17, 15) is 10.2 Å². The van der Waals surface area contributed by atoms with Crippen LogP contribution in [0.5, 0.6) is 0 Å². The molecule has 0 radical (unpaired) electrons. The van der Waals surface area contributed by atoms with E-state index in [1.54, 1.807) is 0 Å². The maximum atomic E-state index is 10.00. The fraction of sp³-hybridized carbons (Fsp3) is 1.00. The van der Waals surface area contributed by atoms with Crippen LogP contribution in [0.2, 0.25) is 0 Å². The van der Waals surface area contributed by atoms with Gasteiger partial charge in [-0.15, -0.1) is 0 Å². The van der Waals surface area contributed by atoms with Crippen molar-refractivity contribution in [3.8, 4) is 0 Å². The summed E-state index contributed by atoms with van der Waals surface area (Å²) in [4.78, 5) is 4.46. The molecule has 0 aromatic rings. The highest BCUT2D eigenvalue weighted by Gasteiger charge is 2.09. The zero-order valence-corrected chi connectivity index (χ0v) is 19.6. The Bertz CT molecular complexity index is 251. The number of aliphatic hydroxyl groups is 2. The van der Waals surface area contributed by atoms with E-state index in [4.69, 9.17) is 0 Å². The Hall–Kier alpha value is 0.500. The maximum Gasteiger partial charge on any atom is 0.0679 e. The fourth-order valence-corrected chi connectivity index (χ4v) is 2.92. The molecule has 0 aliphatic rings. The van der Waals surface area contributed by atoms with Gasteiger partial charge in [0.05, 0.1) is 12.2 Å². The summed E-state index contributed by atoms with van der Waals surface area (Å²) in [5.74, 6) is 0. The average molecular weight is 414 g/mol. The lowest BCUT2D eigenvalue weighted by atomic mass is 10.1. The van der Waals surface area contributed by atoms with Gasteiger partial charge in [0.1, 0.15) is 0 Å². The predicted octanol–water partition coefficient (Wildman–Crippen LogP) is 2.16. The molecule has 0 aliphatic carbocycles. The van der Waals surface area contributed by atoms with Crippen LogP contribution in [-0.2, 0) is 0 Å². The third-order valence-electron chi connectivity index (χ3n) is 4.42. The molecule has 0 bridgehead atoms. The normalized spacial score (nSPS) is 13.4. The Morgan fingerprint density at radius 2 is 1.27 bits per heavy atom. The van der Waals surface area contributed by atoms with Gasteiger partial charge in [-0.2, -0.15) is 27.0 Å². The van der Waals surface area contributed by atoms with Crippen LogP contribution >= 0.6 is 27.0 Å². The van der Waals surface area contributed by atoms with Gasteiger partial charge in [-0.05, 0) is 66.0 Å². The smallest absolute Gasteiger partial charge is 0.0679 e. The molecule has 0 heterocycles. The second-order valence-electron chi connectivity index (χ2n) is 7.18. The first-order chi connectivity index (χ1) is 11.5. The number of hydrogen-bond donors (Lipinski definition) is 3. The highest BCUT2D eigenvalue weighted by molar-refractivity contribution is 7.59. The van der Waals surface area contributed by atoms with Crippen molar-refractivity contribution in [1.82, 2.24) is 15.1 Å². The monoisotopic (exact) mass is 413 g/mol. The summed E-state index contributed by atoms with van der Waals surface area (Å²) in [6, 6.07) is 0. The Morgan fingerprint density at radius 3 is 1.73 bits per heavy atom. The minimum Gasteiger partial charge on any atom is -0.392 e. The first-order valence-corrected chi connectivity index (χ1v) is 9.93. The molecule has 0 saturated carbocycles. The van der Waals surface area contributed by atoms with Gasteiger partial charge in [-0.1, -0.05) is 33.1 Å². The quantitative estimate of drug-likeness (QED) is 0.319. The highest BCUT2D eigenvalue weighted by Crippen LogP contribution is 2.05. The Morgan fingerprint density at radius 1 is 0.769 bits per heavy atom. The molecule has 0 fully saturated rings. The minimum absolute atomic E-state index is 0. The largest absolute Gasteiger partial charge is 0.392 e. The molecule has 2 atom stereocenters. The molecule has 5 nitrogen and oxygen atoms in total. The summed E-state index contributed by atoms with van der Waals surface area (Å²) in [6.07, 6.45) is 7.14. The third kappa shape index (κ3) is 20.8. The standard InChI is InChI=1S/C19H43N3O2.2H2S/c1-5-7-8-11-18(23)16-21(3)14-9-10-15-22(4)17-19(24)12-13-20-6-2;;/h18-20,23-24H,5-17H2,1-4H3;2*1H2/t18-,19-;;/m0../s1. The lowest BCUT2D eigenvalue weighted by molar-refractivity contribution is 0.109. The first-order valence-electron chi connectivity index (χ1n) is 9.93. The number of aliphatic hydroxyl groups excluding tert-OH is 2. The number of nitrogens with zero attached hydrogens (tertiary/aromatic N) is 2. The second-order valence-corrected chi connectivity index (χ2v) is 7.18. The van der Waals surface area contributed by atoms with Crippen molar-refractivity contribution in [3.05, 3.63) is 0 Å². The highest BCUT2D eigenvalue weighted by atomic mass is 32.1. The molecule has 0 aromatic heterocycles. The molecular weight excluding hydrogens is 366 g/mol. The molecule has 0 saturated heterocycles. The molecule has 0 spiro atoms. The number of likely N-dealkylation sites (N-methyl/N-ethyl adjacent to an activating group) is 2. The zero-order valence-electron chi connectivity index (χ0n) is 17.6. The average Bonchev–Trinajstić information content (AvgIpc) is 2.52. The van der Waals surface area contributed by atoms with E-state index in [2.05, 4.69) is 43.1 Å². The Labute approximate surface area is 176 Å². The predicted molar refractivity (Wildman–Crippen MR) is 124 cm³/mol. The number of rotatable bonds is 17. The third-order valence-corrected chi connectivity index (χ3v) is 4.42.